The minimum atomic E-state index is -0.671. The van der Waals surface area contributed by atoms with Crippen LogP contribution in [0.4, 0.5) is 10.5 Å². The van der Waals surface area contributed by atoms with Crippen molar-refractivity contribution in [1.29, 1.82) is 0 Å². The van der Waals surface area contributed by atoms with Gasteiger partial charge in [0.1, 0.15) is 12.6 Å². The van der Waals surface area contributed by atoms with Crippen molar-refractivity contribution in [2.45, 2.75) is 53.3 Å². The Bertz CT molecular complexity index is 820. The molecule has 0 bridgehead atoms. The molecule has 2 atom stereocenters. The Hall–Kier alpha value is -3.02. The lowest BCUT2D eigenvalue weighted by Gasteiger charge is -2.26. The van der Waals surface area contributed by atoms with E-state index in [1.807, 2.05) is 63.2 Å². The van der Waals surface area contributed by atoms with Gasteiger partial charge in [-0.25, -0.2) is 4.79 Å². The summed E-state index contributed by atoms with van der Waals surface area (Å²) in [6.07, 6.45) is -0.601. The first-order valence-electron chi connectivity index (χ1n) is 10.8. The monoisotopic (exact) mass is 425 g/mol. The van der Waals surface area contributed by atoms with Crippen LogP contribution in [0.3, 0.4) is 0 Å². The van der Waals surface area contributed by atoms with Crippen LogP contribution in [-0.2, 0) is 16.1 Å². The topological polar surface area (TPSA) is 79.5 Å². The Kier molecular flexibility index (Phi) is 9.38. The SMILES string of the molecule is Cc1ccc(N[C@@H](CNC(=O)[C@@H](NC(=O)OCc2ccccc2)C(C)C)C(C)C)cc1. The molecule has 0 aliphatic carbocycles. The molecule has 0 saturated carbocycles. The van der Waals surface area contributed by atoms with Gasteiger partial charge in [0.15, 0.2) is 0 Å². The summed E-state index contributed by atoms with van der Waals surface area (Å²) < 4.78 is 5.27. The highest BCUT2D eigenvalue weighted by atomic mass is 16.5. The van der Waals surface area contributed by atoms with Crippen LogP contribution in [0.1, 0.15) is 38.8 Å². The van der Waals surface area contributed by atoms with E-state index in [1.54, 1.807) is 0 Å². The summed E-state index contributed by atoms with van der Waals surface area (Å²) in [7, 11) is 0. The molecule has 0 aliphatic rings. The summed E-state index contributed by atoms with van der Waals surface area (Å²) >= 11 is 0. The summed E-state index contributed by atoms with van der Waals surface area (Å²) in [6.45, 7) is 10.7. The molecule has 2 aromatic rings. The summed E-state index contributed by atoms with van der Waals surface area (Å²) in [6, 6.07) is 17.0. The Morgan fingerprint density at radius 1 is 0.903 bits per heavy atom. The van der Waals surface area contributed by atoms with Gasteiger partial charge in [0.25, 0.3) is 0 Å². The van der Waals surface area contributed by atoms with Gasteiger partial charge >= 0.3 is 6.09 Å². The molecule has 6 nitrogen and oxygen atoms in total. The molecule has 0 unspecified atom stereocenters. The molecule has 0 radical (unpaired) electrons. The van der Waals surface area contributed by atoms with Crippen LogP contribution < -0.4 is 16.0 Å². The zero-order valence-corrected chi connectivity index (χ0v) is 19.1. The van der Waals surface area contributed by atoms with Crippen LogP contribution >= 0.6 is 0 Å². The first-order chi connectivity index (χ1) is 14.8. The van der Waals surface area contributed by atoms with Gasteiger partial charge in [0.2, 0.25) is 5.91 Å². The molecule has 6 heteroatoms. The van der Waals surface area contributed by atoms with E-state index in [4.69, 9.17) is 4.74 Å². The van der Waals surface area contributed by atoms with E-state index in [-0.39, 0.29) is 24.5 Å². The van der Waals surface area contributed by atoms with Gasteiger partial charge in [-0.05, 0) is 36.5 Å². The van der Waals surface area contributed by atoms with E-state index in [1.165, 1.54) is 5.56 Å². The summed E-state index contributed by atoms with van der Waals surface area (Å²) in [5, 5.41) is 9.17. The van der Waals surface area contributed by atoms with Crippen molar-refractivity contribution < 1.29 is 14.3 Å². The van der Waals surface area contributed by atoms with Gasteiger partial charge in [-0.3, -0.25) is 4.79 Å². The third-order valence-corrected chi connectivity index (χ3v) is 5.14. The van der Waals surface area contributed by atoms with E-state index >= 15 is 0 Å². The predicted octanol–water partition coefficient (Wildman–Crippen LogP) is 4.50. The number of carbonyl (C=O) groups is 2. The molecule has 2 amide bonds. The number of hydrogen-bond donors (Lipinski definition) is 3. The van der Waals surface area contributed by atoms with Crippen molar-refractivity contribution in [3.8, 4) is 0 Å². The van der Waals surface area contributed by atoms with Gasteiger partial charge in [-0.1, -0.05) is 75.7 Å². The second-order valence-electron chi connectivity index (χ2n) is 8.53. The molecule has 2 rings (SSSR count). The summed E-state index contributed by atoms with van der Waals surface area (Å²) in [5.41, 5.74) is 3.11. The van der Waals surface area contributed by atoms with Crippen molar-refractivity contribution in [2.24, 2.45) is 11.8 Å². The van der Waals surface area contributed by atoms with Crippen LogP contribution in [0.25, 0.3) is 0 Å². The lowest BCUT2D eigenvalue weighted by Crippen LogP contribution is -2.52. The third-order valence-electron chi connectivity index (χ3n) is 5.14. The fourth-order valence-electron chi connectivity index (χ4n) is 3.06. The number of amides is 2. The average molecular weight is 426 g/mol. The molecule has 0 heterocycles. The van der Waals surface area contributed by atoms with Gasteiger partial charge in [-0.2, -0.15) is 0 Å². The lowest BCUT2D eigenvalue weighted by molar-refractivity contribution is -0.124. The molecule has 0 spiro atoms. The molecular weight excluding hydrogens is 390 g/mol. The van der Waals surface area contributed by atoms with Crippen molar-refractivity contribution in [1.82, 2.24) is 10.6 Å². The number of ether oxygens (including phenoxy) is 1. The minimum absolute atomic E-state index is 0.0597. The smallest absolute Gasteiger partial charge is 0.408 e. The average Bonchev–Trinajstić information content (AvgIpc) is 2.75. The largest absolute Gasteiger partial charge is 0.445 e. The molecule has 0 aliphatic heterocycles. The number of anilines is 1. The Balaban J connectivity index is 1.89. The number of nitrogens with one attached hydrogen (secondary N) is 3. The highest BCUT2D eigenvalue weighted by Crippen LogP contribution is 2.14. The lowest BCUT2D eigenvalue weighted by atomic mass is 10.0. The number of carbonyl (C=O) groups excluding carboxylic acids is 2. The van der Waals surface area contributed by atoms with Crippen LogP contribution in [0, 0.1) is 18.8 Å². The maximum atomic E-state index is 12.8. The second kappa shape index (κ2) is 12.0. The van der Waals surface area contributed by atoms with Gasteiger partial charge < -0.3 is 20.7 Å². The fourth-order valence-corrected chi connectivity index (χ4v) is 3.06. The van der Waals surface area contributed by atoms with Gasteiger partial charge in [0, 0.05) is 18.3 Å². The van der Waals surface area contributed by atoms with Crippen LogP contribution in [-0.4, -0.2) is 30.6 Å². The molecule has 3 N–H and O–H groups in total. The molecule has 31 heavy (non-hydrogen) atoms. The Morgan fingerprint density at radius 2 is 1.55 bits per heavy atom. The number of hydrogen-bond acceptors (Lipinski definition) is 4. The molecule has 0 aromatic heterocycles. The number of aryl methyl sites for hydroxylation is 1. The highest BCUT2D eigenvalue weighted by Gasteiger charge is 2.26. The van der Waals surface area contributed by atoms with Crippen molar-refractivity contribution in [3.63, 3.8) is 0 Å². The molecule has 2 aromatic carbocycles. The number of alkyl carbamates (subject to hydrolysis) is 1. The summed E-state index contributed by atoms with van der Waals surface area (Å²) in [5.74, 6) is 0.0118. The molecular formula is C25H35N3O3. The first-order valence-corrected chi connectivity index (χ1v) is 10.8. The molecule has 0 fully saturated rings. The van der Waals surface area contributed by atoms with Gasteiger partial charge in [-0.15, -0.1) is 0 Å². The Labute approximate surface area is 185 Å². The first kappa shape index (κ1) is 24.3. The minimum Gasteiger partial charge on any atom is -0.445 e. The van der Waals surface area contributed by atoms with Crippen LogP contribution in [0.15, 0.2) is 54.6 Å². The summed E-state index contributed by atoms with van der Waals surface area (Å²) in [4.78, 5) is 25.0. The Morgan fingerprint density at radius 3 is 2.13 bits per heavy atom. The van der Waals surface area contributed by atoms with E-state index < -0.39 is 12.1 Å². The standard InChI is InChI=1S/C25H35N3O3/c1-17(2)22(27-21-13-11-19(5)12-14-21)15-26-24(29)23(18(3)4)28-25(30)31-16-20-9-7-6-8-10-20/h6-14,17-18,22-23,27H,15-16H2,1-5H3,(H,26,29)(H,28,30)/t22-,23-/m0/s1. The normalized spacial score (nSPS) is 12.9. The van der Waals surface area contributed by atoms with E-state index in [0.717, 1.165) is 11.3 Å². The number of benzene rings is 2. The van der Waals surface area contributed by atoms with E-state index in [9.17, 15) is 9.59 Å². The van der Waals surface area contributed by atoms with Gasteiger partial charge in [0.05, 0.1) is 0 Å². The molecule has 0 saturated heterocycles. The number of rotatable bonds is 10. The maximum Gasteiger partial charge on any atom is 0.408 e. The van der Waals surface area contributed by atoms with Crippen molar-refractivity contribution >= 4 is 17.7 Å². The zero-order valence-electron chi connectivity index (χ0n) is 19.1. The van der Waals surface area contributed by atoms with E-state index in [2.05, 4.69) is 41.9 Å². The van der Waals surface area contributed by atoms with Crippen molar-refractivity contribution in [3.05, 3.63) is 65.7 Å². The maximum absolute atomic E-state index is 12.8. The van der Waals surface area contributed by atoms with Crippen LogP contribution in [0.2, 0.25) is 0 Å². The predicted molar refractivity (Wildman–Crippen MR) is 125 cm³/mol. The highest BCUT2D eigenvalue weighted by molar-refractivity contribution is 5.85. The fraction of sp³-hybridized carbons (Fsp3) is 0.440. The van der Waals surface area contributed by atoms with E-state index in [0.29, 0.717) is 12.5 Å². The van der Waals surface area contributed by atoms with Crippen molar-refractivity contribution in [2.75, 3.05) is 11.9 Å². The quantitative estimate of drug-likeness (QED) is 0.524. The third kappa shape index (κ3) is 8.32. The second-order valence-corrected chi connectivity index (χ2v) is 8.53. The zero-order chi connectivity index (χ0) is 22.8. The molecule has 168 valence electrons. The van der Waals surface area contributed by atoms with Crippen LogP contribution in [0.5, 0.6) is 0 Å².